The Hall–Kier alpha value is -0.980. The molecule has 0 heterocycles. The van der Waals surface area contributed by atoms with Gasteiger partial charge in [-0.25, -0.2) is 0 Å². The molecule has 2 aliphatic carbocycles. The zero-order chi connectivity index (χ0) is 13.7. The number of benzene rings is 1. The number of ether oxygens (including phenoxy) is 1. The Morgan fingerprint density at radius 1 is 1.16 bits per heavy atom. The van der Waals surface area contributed by atoms with E-state index in [4.69, 9.17) is 4.74 Å². The van der Waals surface area contributed by atoms with Crippen LogP contribution in [-0.4, -0.2) is 7.11 Å². The van der Waals surface area contributed by atoms with Gasteiger partial charge in [0, 0.05) is 0 Å². The first kappa shape index (κ1) is 13.0. The van der Waals surface area contributed by atoms with Crippen LogP contribution >= 0.6 is 0 Å². The van der Waals surface area contributed by atoms with Crippen molar-refractivity contribution in [3.05, 3.63) is 29.3 Å². The Morgan fingerprint density at radius 2 is 1.95 bits per heavy atom. The molecule has 0 aromatic heterocycles. The normalized spacial score (nSPS) is 32.3. The monoisotopic (exact) mass is 258 g/mol. The average molecular weight is 258 g/mol. The van der Waals surface area contributed by atoms with Crippen LogP contribution in [0.3, 0.4) is 0 Å². The van der Waals surface area contributed by atoms with Gasteiger partial charge in [-0.1, -0.05) is 33.3 Å². The number of hydrogen-bond donors (Lipinski definition) is 0. The molecule has 2 unspecified atom stereocenters. The summed E-state index contributed by atoms with van der Waals surface area (Å²) in [5, 5.41) is 0. The molecule has 0 amide bonds. The van der Waals surface area contributed by atoms with Gasteiger partial charge in [-0.2, -0.15) is 0 Å². The van der Waals surface area contributed by atoms with Crippen molar-refractivity contribution in [1.82, 2.24) is 0 Å². The van der Waals surface area contributed by atoms with Crippen LogP contribution in [0.1, 0.15) is 57.6 Å². The first-order chi connectivity index (χ1) is 8.97. The van der Waals surface area contributed by atoms with Gasteiger partial charge in [0.1, 0.15) is 5.75 Å². The number of aryl methyl sites for hydroxylation is 1. The van der Waals surface area contributed by atoms with Crippen molar-refractivity contribution in [3.8, 4) is 5.75 Å². The van der Waals surface area contributed by atoms with Crippen molar-refractivity contribution in [3.63, 3.8) is 0 Å². The lowest BCUT2D eigenvalue weighted by atomic mass is 9.50. The van der Waals surface area contributed by atoms with Crippen LogP contribution in [0.5, 0.6) is 5.75 Å². The predicted molar refractivity (Wildman–Crippen MR) is 79.8 cm³/mol. The van der Waals surface area contributed by atoms with Crippen molar-refractivity contribution in [2.24, 2.45) is 11.3 Å². The zero-order valence-corrected chi connectivity index (χ0v) is 12.8. The average Bonchev–Trinajstić information content (AvgIpc) is 2.37. The molecule has 1 aromatic rings. The van der Waals surface area contributed by atoms with Crippen LogP contribution in [0.25, 0.3) is 0 Å². The van der Waals surface area contributed by atoms with E-state index in [9.17, 15) is 0 Å². The summed E-state index contributed by atoms with van der Waals surface area (Å²) in [6.07, 6.45) is 6.66. The Labute approximate surface area is 117 Å². The van der Waals surface area contributed by atoms with Gasteiger partial charge in [0.2, 0.25) is 0 Å². The Bertz CT molecular complexity index is 488. The van der Waals surface area contributed by atoms with Crippen molar-refractivity contribution in [2.75, 3.05) is 7.11 Å². The molecule has 0 spiro atoms. The summed E-state index contributed by atoms with van der Waals surface area (Å²) >= 11 is 0. The second-order valence-electron chi connectivity index (χ2n) is 7.37. The first-order valence-electron chi connectivity index (χ1n) is 7.65. The standard InChI is InChI=1S/C18H26O/c1-17(2)10-5-11-18(3)15-8-7-14(19-4)12-13(15)6-9-16(17)18/h7-8,12,16H,5-6,9-11H2,1-4H3. The van der Waals surface area contributed by atoms with Gasteiger partial charge in [0.15, 0.2) is 0 Å². The highest BCUT2D eigenvalue weighted by atomic mass is 16.5. The zero-order valence-electron chi connectivity index (χ0n) is 12.8. The number of fused-ring (bicyclic) bond motifs is 3. The van der Waals surface area contributed by atoms with E-state index < -0.39 is 0 Å². The molecule has 2 aliphatic rings. The second kappa shape index (κ2) is 4.26. The minimum Gasteiger partial charge on any atom is -0.497 e. The molecule has 0 N–H and O–H groups in total. The summed E-state index contributed by atoms with van der Waals surface area (Å²) in [5.74, 6) is 1.84. The molecule has 1 saturated carbocycles. The third-order valence-corrected chi connectivity index (χ3v) is 5.86. The summed E-state index contributed by atoms with van der Waals surface area (Å²) < 4.78 is 5.39. The molecule has 2 atom stereocenters. The lowest BCUT2D eigenvalue weighted by molar-refractivity contribution is 0.0407. The van der Waals surface area contributed by atoms with Crippen LogP contribution < -0.4 is 4.74 Å². The maximum absolute atomic E-state index is 5.39. The molecule has 0 bridgehead atoms. The molecular formula is C18H26O. The summed E-state index contributed by atoms with van der Waals surface area (Å²) in [4.78, 5) is 0. The molecule has 0 radical (unpaired) electrons. The molecule has 1 nitrogen and oxygen atoms in total. The highest BCUT2D eigenvalue weighted by Crippen LogP contribution is 2.57. The molecule has 104 valence electrons. The minimum absolute atomic E-state index is 0.377. The lowest BCUT2D eigenvalue weighted by Crippen LogP contribution is -2.47. The third-order valence-electron chi connectivity index (χ3n) is 5.86. The Kier molecular flexibility index (Phi) is 2.92. The topological polar surface area (TPSA) is 9.23 Å². The molecular weight excluding hydrogens is 232 g/mol. The molecule has 3 rings (SSSR count). The van der Waals surface area contributed by atoms with Crippen molar-refractivity contribution < 1.29 is 4.74 Å². The van der Waals surface area contributed by atoms with E-state index in [0.29, 0.717) is 10.8 Å². The quantitative estimate of drug-likeness (QED) is 0.708. The maximum Gasteiger partial charge on any atom is 0.119 e. The van der Waals surface area contributed by atoms with E-state index in [1.165, 1.54) is 37.7 Å². The smallest absolute Gasteiger partial charge is 0.119 e. The van der Waals surface area contributed by atoms with Gasteiger partial charge in [-0.05, 0) is 65.7 Å². The second-order valence-corrected chi connectivity index (χ2v) is 7.37. The Morgan fingerprint density at radius 3 is 2.68 bits per heavy atom. The van der Waals surface area contributed by atoms with E-state index in [2.05, 4.69) is 39.0 Å². The van der Waals surface area contributed by atoms with E-state index in [1.54, 1.807) is 12.7 Å². The largest absolute Gasteiger partial charge is 0.497 e. The van der Waals surface area contributed by atoms with Crippen LogP contribution in [0, 0.1) is 11.3 Å². The van der Waals surface area contributed by atoms with Crippen LogP contribution in [0.4, 0.5) is 0 Å². The molecule has 1 fully saturated rings. The highest BCUT2D eigenvalue weighted by molar-refractivity contribution is 5.43. The summed E-state index contributed by atoms with van der Waals surface area (Å²) in [6, 6.07) is 6.74. The molecule has 0 aliphatic heterocycles. The molecule has 19 heavy (non-hydrogen) atoms. The SMILES string of the molecule is COc1ccc2c(c1)CCC1C(C)(C)CCCC21C. The van der Waals surface area contributed by atoms with E-state index in [-0.39, 0.29) is 0 Å². The molecule has 1 aromatic carbocycles. The fraction of sp³-hybridized carbons (Fsp3) is 0.667. The van der Waals surface area contributed by atoms with Crippen LogP contribution in [0.15, 0.2) is 18.2 Å². The minimum atomic E-state index is 0.377. The third kappa shape index (κ3) is 1.89. The van der Waals surface area contributed by atoms with Gasteiger partial charge in [-0.15, -0.1) is 0 Å². The number of rotatable bonds is 1. The van der Waals surface area contributed by atoms with Gasteiger partial charge in [0.25, 0.3) is 0 Å². The summed E-state index contributed by atoms with van der Waals surface area (Å²) in [6.45, 7) is 7.45. The molecule has 0 saturated heterocycles. The van der Waals surface area contributed by atoms with Crippen LogP contribution in [0.2, 0.25) is 0 Å². The van der Waals surface area contributed by atoms with E-state index in [0.717, 1.165) is 11.7 Å². The van der Waals surface area contributed by atoms with Gasteiger partial charge < -0.3 is 4.74 Å². The molecule has 1 heteroatoms. The summed E-state index contributed by atoms with van der Waals surface area (Å²) in [5.41, 5.74) is 3.99. The van der Waals surface area contributed by atoms with E-state index in [1.807, 2.05) is 0 Å². The van der Waals surface area contributed by atoms with Gasteiger partial charge >= 0.3 is 0 Å². The Balaban J connectivity index is 2.07. The maximum atomic E-state index is 5.39. The number of hydrogen-bond acceptors (Lipinski definition) is 1. The first-order valence-corrected chi connectivity index (χ1v) is 7.65. The van der Waals surface area contributed by atoms with Crippen molar-refractivity contribution in [2.45, 2.75) is 58.3 Å². The van der Waals surface area contributed by atoms with Gasteiger partial charge in [-0.3, -0.25) is 0 Å². The van der Waals surface area contributed by atoms with Crippen molar-refractivity contribution in [1.29, 1.82) is 0 Å². The van der Waals surface area contributed by atoms with E-state index >= 15 is 0 Å². The fourth-order valence-electron chi connectivity index (χ4n) is 4.91. The highest BCUT2D eigenvalue weighted by Gasteiger charge is 2.49. The van der Waals surface area contributed by atoms with Gasteiger partial charge in [0.05, 0.1) is 7.11 Å². The fourth-order valence-corrected chi connectivity index (χ4v) is 4.91. The number of methoxy groups -OCH3 is 1. The summed E-state index contributed by atoms with van der Waals surface area (Å²) in [7, 11) is 1.76. The van der Waals surface area contributed by atoms with Crippen LogP contribution in [-0.2, 0) is 11.8 Å². The lowest BCUT2D eigenvalue weighted by Gasteiger charge is -2.54. The predicted octanol–water partition coefficient (Wildman–Crippen LogP) is 4.73. The van der Waals surface area contributed by atoms with Crippen molar-refractivity contribution >= 4 is 0 Å².